The highest BCUT2D eigenvalue weighted by Crippen LogP contribution is 2.47. The maximum atomic E-state index is 14.9. The molecule has 1 aliphatic carbocycles. The van der Waals surface area contributed by atoms with E-state index < -0.39 is 0 Å². The van der Waals surface area contributed by atoms with Gasteiger partial charge in [0.25, 0.3) is 0 Å². The Hall–Kier alpha value is -8.37. The van der Waals surface area contributed by atoms with Crippen LogP contribution < -0.4 is 5.73 Å². The molecule has 0 radical (unpaired) electrons. The number of rotatable bonds is 27. The lowest BCUT2D eigenvalue weighted by Gasteiger charge is -2.18. The molecule has 444 valence electrons. The first-order valence-electron chi connectivity index (χ1n) is 33.3. The van der Waals surface area contributed by atoms with Crippen molar-refractivity contribution in [2.75, 3.05) is 0 Å². The molecule has 0 saturated carbocycles. The minimum Gasteiger partial charge on any atom is -0.396 e. The Morgan fingerprint density at radius 3 is 1.11 bits per heavy atom. The lowest BCUT2D eigenvalue weighted by atomic mass is 9.84. The average molecular weight is 1150 g/mol. The predicted octanol–water partition coefficient (Wildman–Crippen LogP) is 21.8. The summed E-state index contributed by atoms with van der Waals surface area (Å²) in [5, 5.41) is 0. The van der Waals surface area contributed by atoms with Crippen molar-refractivity contribution in [1.82, 2.24) is 19.9 Å². The largest absolute Gasteiger partial charge is 0.396 e. The number of ketones is 1. The fraction of sp³-hybridized carbons (Fsp3) is 0.370. The third-order valence-electron chi connectivity index (χ3n) is 17.4. The molecule has 6 nitrogen and oxygen atoms in total. The molecule has 0 atom stereocenters. The van der Waals surface area contributed by atoms with E-state index in [2.05, 4.69) is 175 Å². The summed E-state index contributed by atoms with van der Waals surface area (Å²) in [6.07, 6.45) is 37.8. The topological polar surface area (TPSA) is 100 Å². The van der Waals surface area contributed by atoms with Gasteiger partial charge in [0.15, 0.2) is 5.78 Å². The second-order valence-electron chi connectivity index (χ2n) is 24.1. The minimum atomic E-state index is -0.141. The summed E-state index contributed by atoms with van der Waals surface area (Å²) in [4.78, 5) is 33.8. The number of aromatic nitrogens is 4. The highest BCUT2D eigenvalue weighted by atomic mass is 16.1. The number of Topliss-reactive ketones (excluding diaryl/α,β-unsaturated/α-hetero) is 1. The fourth-order valence-corrected chi connectivity index (χ4v) is 12.5. The number of hydrogen-bond acceptors (Lipinski definition) is 4. The van der Waals surface area contributed by atoms with Crippen LogP contribution in [0.25, 0.3) is 90.0 Å². The molecular weight excluding hydrogens is 1060 g/mol. The van der Waals surface area contributed by atoms with Crippen LogP contribution in [0.15, 0.2) is 121 Å². The molecule has 0 fully saturated rings. The van der Waals surface area contributed by atoms with Crippen LogP contribution in [0, 0.1) is 35.5 Å². The van der Waals surface area contributed by atoms with Crippen LogP contribution >= 0.6 is 0 Å². The van der Waals surface area contributed by atoms with Gasteiger partial charge in [0.05, 0.1) is 34.0 Å². The van der Waals surface area contributed by atoms with Crippen molar-refractivity contribution in [2.24, 2.45) is 5.73 Å². The van der Waals surface area contributed by atoms with Crippen LogP contribution in [0.5, 0.6) is 0 Å². The molecule has 4 N–H and O–H groups in total. The van der Waals surface area contributed by atoms with Crippen LogP contribution in [0.3, 0.4) is 0 Å². The van der Waals surface area contributed by atoms with Gasteiger partial charge in [-0.15, -0.1) is 0 Å². The number of carbonyl (C=O) groups is 1. The maximum Gasteiger partial charge on any atom is 0.198 e. The van der Waals surface area contributed by atoms with Crippen molar-refractivity contribution < 1.29 is 4.79 Å². The zero-order valence-electron chi connectivity index (χ0n) is 52.2. The van der Waals surface area contributed by atoms with Gasteiger partial charge < -0.3 is 15.7 Å². The third kappa shape index (κ3) is 15.8. The molecular formula is C81H89N5O. The van der Waals surface area contributed by atoms with Crippen molar-refractivity contribution in [1.29, 1.82) is 0 Å². The second kappa shape index (κ2) is 31.9. The van der Waals surface area contributed by atoms with Gasteiger partial charge in [0.2, 0.25) is 0 Å². The number of nitrogens with zero attached hydrogens (tertiary/aromatic N) is 2. The molecule has 0 unspecified atom stereocenters. The van der Waals surface area contributed by atoms with E-state index in [4.69, 9.17) is 15.7 Å². The molecule has 5 heterocycles. The summed E-state index contributed by atoms with van der Waals surface area (Å²) in [5.41, 5.74) is 25.0. The van der Waals surface area contributed by atoms with Crippen LogP contribution in [0.2, 0.25) is 0 Å². The number of nitrogens with one attached hydrogen (secondary N) is 2. The number of unbranched alkanes of at least 4 members (excludes halogenated alkanes) is 24. The van der Waals surface area contributed by atoms with Crippen molar-refractivity contribution >= 4 is 51.3 Å². The highest BCUT2D eigenvalue weighted by molar-refractivity contribution is 6.40. The quantitative estimate of drug-likeness (QED) is 0.0353. The van der Waals surface area contributed by atoms with Gasteiger partial charge in [0, 0.05) is 85.8 Å². The molecule has 8 bridgehead atoms. The summed E-state index contributed by atoms with van der Waals surface area (Å²) in [7, 11) is 0. The lowest BCUT2D eigenvalue weighted by Crippen LogP contribution is -2.13. The smallest absolute Gasteiger partial charge is 0.198 e. The molecule has 0 saturated heterocycles. The first-order valence-corrected chi connectivity index (χ1v) is 33.3. The van der Waals surface area contributed by atoms with Crippen molar-refractivity contribution in [3.8, 4) is 80.0 Å². The van der Waals surface area contributed by atoms with Gasteiger partial charge in [-0.25, -0.2) is 9.97 Å². The Kier molecular flexibility index (Phi) is 22.6. The highest BCUT2D eigenvalue weighted by Gasteiger charge is 2.36. The zero-order chi connectivity index (χ0) is 60.0. The van der Waals surface area contributed by atoms with Gasteiger partial charge in [-0.05, 0) is 114 Å². The van der Waals surface area contributed by atoms with Crippen molar-refractivity contribution in [2.45, 2.75) is 194 Å². The number of nitrogens with two attached hydrogens (primary N) is 1. The van der Waals surface area contributed by atoms with Gasteiger partial charge in [0.1, 0.15) is 0 Å². The van der Waals surface area contributed by atoms with E-state index in [1.807, 2.05) is 24.3 Å². The van der Waals surface area contributed by atoms with Crippen LogP contribution in [-0.4, -0.2) is 25.7 Å². The van der Waals surface area contributed by atoms with Gasteiger partial charge in [-0.3, -0.25) is 4.79 Å². The number of benzene rings is 4. The van der Waals surface area contributed by atoms with Gasteiger partial charge >= 0.3 is 0 Å². The number of carbonyl (C=O) groups excluding carboxylic acids is 1. The predicted molar refractivity (Wildman–Crippen MR) is 369 cm³/mol. The molecule has 6 heteroatoms. The summed E-state index contributed by atoms with van der Waals surface area (Å²) in [5.74, 6) is 20.6. The molecule has 3 aliphatic rings. The lowest BCUT2D eigenvalue weighted by molar-refractivity contribution is 0.105. The molecule has 7 aromatic rings. The third-order valence-corrected chi connectivity index (χ3v) is 17.4. The van der Waals surface area contributed by atoms with E-state index in [0.717, 1.165) is 133 Å². The van der Waals surface area contributed by atoms with E-state index >= 15 is 0 Å². The SMILES string of the molecule is CCCCCCCCCCC#Cc1ccc(-c2c3nc(c(-c4ccc(C#CCCCCCCCCCC)cc4)c4ccc([nH]4)c4c5nc(c(-c6ccc(C#CCCCCCCCCCC)cc6)c6ccc2[nH]6)C(N)=C5C(=O)c2ccccc2-4)C=C3)cc1. The summed E-state index contributed by atoms with van der Waals surface area (Å²) in [6, 6.07) is 41.9. The normalized spacial score (nSPS) is 12.1. The van der Waals surface area contributed by atoms with Crippen LogP contribution in [0.4, 0.5) is 0 Å². The fourth-order valence-electron chi connectivity index (χ4n) is 12.5. The number of aromatic amines is 2. The molecule has 2 aliphatic heterocycles. The summed E-state index contributed by atoms with van der Waals surface area (Å²) < 4.78 is 0. The van der Waals surface area contributed by atoms with Crippen LogP contribution in [-0.2, 0) is 0 Å². The van der Waals surface area contributed by atoms with E-state index in [1.54, 1.807) is 0 Å². The Morgan fingerprint density at radius 2 is 0.713 bits per heavy atom. The monoisotopic (exact) mass is 1150 g/mol. The number of hydrogen-bond donors (Lipinski definition) is 3. The molecule has 3 aromatic heterocycles. The van der Waals surface area contributed by atoms with E-state index in [9.17, 15) is 4.79 Å². The Bertz CT molecular complexity index is 3920. The number of H-pyrrole nitrogens is 2. The van der Waals surface area contributed by atoms with Crippen molar-refractivity contribution in [3.05, 3.63) is 166 Å². The van der Waals surface area contributed by atoms with Crippen LogP contribution in [0.1, 0.15) is 244 Å². The zero-order valence-corrected chi connectivity index (χ0v) is 52.2. The minimum absolute atomic E-state index is 0.141. The second-order valence-corrected chi connectivity index (χ2v) is 24.1. The number of allylic oxidation sites excluding steroid dienone is 1. The maximum absolute atomic E-state index is 14.9. The molecule has 0 amide bonds. The average Bonchev–Trinajstić information content (AvgIpc) is 1.68. The Labute approximate surface area is 519 Å². The van der Waals surface area contributed by atoms with E-state index in [-0.39, 0.29) is 5.78 Å². The van der Waals surface area contributed by atoms with Crippen molar-refractivity contribution in [3.63, 3.8) is 0 Å². The standard InChI is InChI=1S/C81H89N5O/c1-4-7-10-13-16-19-22-25-28-31-36-59-41-47-62(48-42-59)73-67-53-54-68(83-67)74(63-49-43-60(44-50-63)37-32-29-26-23-20-17-14-11-8-5-2)70-56-58-72(85-70)76-65-39-34-35-40-66(65)81(87)77-78(82)80(86-79(76)77)75(71-57-55-69(73)84-71)64-51-45-61(46-52-64)38-33-30-27-24-21-18-15-12-9-6-3/h34-35,39-58,84-85H,4-30,82H2,1-3H3. The Morgan fingerprint density at radius 1 is 0.368 bits per heavy atom. The molecule has 0 spiro atoms. The summed E-state index contributed by atoms with van der Waals surface area (Å²) in [6.45, 7) is 6.82. The van der Waals surface area contributed by atoms with E-state index in [0.29, 0.717) is 28.2 Å². The molecule has 87 heavy (non-hydrogen) atoms. The van der Waals surface area contributed by atoms with Gasteiger partial charge in [-0.2, -0.15) is 0 Å². The van der Waals surface area contributed by atoms with Gasteiger partial charge in [-0.1, -0.05) is 252 Å². The Balaban J connectivity index is 1.08. The molecule has 4 aromatic carbocycles. The first kappa shape index (κ1) is 61.7. The first-order chi connectivity index (χ1) is 42.9. The number of fused-ring (bicyclic) bond motifs is 10. The summed E-state index contributed by atoms with van der Waals surface area (Å²) >= 11 is 0. The molecule has 10 rings (SSSR count). The van der Waals surface area contributed by atoms with E-state index in [1.165, 1.54) is 135 Å².